The fraction of sp³-hybridized carbons (Fsp3) is 0.400. The molecule has 0 saturated carbocycles. The summed E-state index contributed by atoms with van der Waals surface area (Å²) in [6.07, 6.45) is 0.867. The molecule has 1 aliphatic rings. The van der Waals surface area contributed by atoms with Crippen molar-refractivity contribution in [1.82, 2.24) is 0 Å². The summed E-state index contributed by atoms with van der Waals surface area (Å²) >= 11 is 0. The number of hydrogen-bond donors (Lipinski definition) is 1. The van der Waals surface area contributed by atoms with Gasteiger partial charge in [0.1, 0.15) is 13.1 Å². The normalized spacial score (nSPS) is 15.5. The van der Waals surface area contributed by atoms with E-state index >= 15 is 0 Å². The average Bonchev–Trinajstić information content (AvgIpc) is 2.71. The lowest BCUT2D eigenvalue weighted by atomic mass is 9.98. The average molecular weight is 389 g/mol. The Balaban J connectivity index is 1.88. The molecule has 1 heterocycles. The van der Waals surface area contributed by atoms with Crippen LogP contribution in [0, 0.1) is 10.1 Å². The van der Waals surface area contributed by atoms with Crippen LogP contribution in [0.15, 0.2) is 24.3 Å². The van der Waals surface area contributed by atoms with Crippen molar-refractivity contribution in [3.63, 3.8) is 0 Å². The number of nitro benzene ring substituents is 1. The first-order valence-electron chi connectivity index (χ1n) is 8.97. The van der Waals surface area contributed by atoms with Gasteiger partial charge >= 0.3 is 0 Å². The number of ether oxygens (including phenoxy) is 4. The van der Waals surface area contributed by atoms with Crippen LogP contribution in [0.5, 0.6) is 23.0 Å². The highest BCUT2D eigenvalue weighted by Crippen LogP contribution is 2.35. The lowest BCUT2D eigenvalue weighted by molar-refractivity contribution is -0.929. The van der Waals surface area contributed by atoms with Gasteiger partial charge in [0, 0.05) is 12.0 Å². The second-order valence-corrected chi connectivity index (χ2v) is 6.67. The summed E-state index contributed by atoms with van der Waals surface area (Å²) in [6, 6.07) is 7.15. The summed E-state index contributed by atoms with van der Waals surface area (Å²) in [5, 5.41) is 11.6. The number of nitro groups is 1. The second kappa shape index (κ2) is 8.35. The molecule has 8 heteroatoms. The molecule has 0 saturated heterocycles. The molecule has 1 unspecified atom stereocenters. The number of fused-ring (bicyclic) bond motifs is 1. The lowest BCUT2D eigenvalue weighted by Gasteiger charge is -2.27. The Morgan fingerprint density at radius 3 is 2.00 bits per heavy atom. The predicted octanol–water partition coefficient (Wildman–Crippen LogP) is 1.77. The van der Waals surface area contributed by atoms with Gasteiger partial charge in [0.25, 0.3) is 5.69 Å². The first-order chi connectivity index (χ1) is 13.5. The molecule has 8 nitrogen and oxygen atoms in total. The van der Waals surface area contributed by atoms with Gasteiger partial charge in [0.2, 0.25) is 0 Å². The lowest BCUT2D eigenvalue weighted by Crippen LogP contribution is -3.10. The topological polar surface area (TPSA) is 84.5 Å². The Hall–Kier alpha value is -3.00. The van der Waals surface area contributed by atoms with Gasteiger partial charge in [0.15, 0.2) is 23.0 Å². The molecule has 2 aromatic carbocycles. The molecule has 1 aliphatic heterocycles. The van der Waals surface area contributed by atoms with Gasteiger partial charge in [-0.1, -0.05) is 0 Å². The molecule has 0 fully saturated rings. The number of rotatable bonds is 7. The van der Waals surface area contributed by atoms with E-state index in [1.807, 2.05) is 12.1 Å². The van der Waals surface area contributed by atoms with Crippen molar-refractivity contribution >= 4 is 5.69 Å². The first kappa shape index (κ1) is 19.8. The Morgan fingerprint density at radius 1 is 0.893 bits per heavy atom. The van der Waals surface area contributed by atoms with E-state index < -0.39 is 0 Å². The molecule has 3 rings (SSSR count). The summed E-state index contributed by atoms with van der Waals surface area (Å²) in [6.45, 7) is 2.14. The van der Waals surface area contributed by atoms with Crippen LogP contribution in [-0.2, 0) is 19.5 Å². The van der Waals surface area contributed by atoms with Crippen LogP contribution in [-0.4, -0.2) is 39.9 Å². The van der Waals surface area contributed by atoms with Gasteiger partial charge < -0.3 is 23.8 Å². The van der Waals surface area contributed by atoms with E-state index in [9.17, 15) is 10.1 Å². The summed E-state index contributed by atoms with van der Waals surface area (Å²) in [5.74, 6) is 2.26. The number of nitrogens with zero attached hydrogens (tertiary/aromatic N) is 1. The van der Waals surface area contributed by atoms with Gasteiger partial charge in [0.05, 0.1) is 51.5 Å². The van der Waals surface area contributed by atoms with E-state index in [1.165, 1.54) is 36.3 Å². The van der Waals surface area contributed by atoms with Crippen molar-refractivity contribution in [2.75, 3.05) is 35.0 Å². The molecule has 0 aliphatic carbocycles. The van der Waals surface area contributed by atoms with Gasteiger partial charge in [-0.2, -0.15) is 0 Å². The quantitative estimate of drug-likeness (QED) is 0.574. The maximum atomic E-state index is 11.6. The van der Waals surface area contributed by atoms with E-state index in [2.05, 4.69) is 0 Å². The number of methoxy groups -OCH3 is 4. The molecule has 150 valence electrons. The molecular weight excluding hydrogens is 364 g/mol. The van der Waals surface area contributed by atoms with Crippen LogP contribution in [0.2, 0.25) is 0 Å². The van der Waals surface area contributed by atoms with Gasteiger partial charge in [-0.3, -0.25) is 10.1 Å². The number of benzene rings is 2. The van der Waals surface area contributed by atoms with Crippen molar-refractivity contribution in [2.24, 2.45) is 0 Å². The Kier molecular flexibility index (Phi) is 5.89. The molecule has 1 atom stereocenters. The molecule has 28 heavy (non-hydrogen) atoms. The summed E-state index contributed by atoms with van der Waals surface area (Å²) in [7, 11) is 6.23. The molecule has 0 aromatic heterocycles. The van der Waals surface area contributed by atoms with Crippen molar-refractivity contribution in [3.8, 4) is 23.0 Å². The van der Waals surface area contributed by atoms with E-state index in [0.717, 1.165) is 25.3 Å². The molecule has 0 amide bonds. The highest BCUT2D eigenvalue weighted by molar-refractivity contribution is 5.54. The largest absolute Gasteiger partial charge is 0.493 e. The fourth-order valence-electron chi connectivity index (χ4n) is 3.67. The van der Waals surface area contributed by atoms with E-state index in [-0.39, 0.29) is 10.6 Å². The summed E-state index contributed by atoms with van der Waals surface area (Å²) in [4.78, 5) is 12.4. The standard InChI is InChI=1S/C20H24N2O6/c1-25-17-7-13-5-6-21(11-14(13)8-18(17)26-2)12-15-9-19(27-3)20(28-4)10-16(15)22(23)24/h7-10H,5-6,11-12H2,1-4H3/p+1. The zero-order valence-electron chi connectivity index (χ0n) is 16.5. The maximum absolute atomic E-state index is 11.6. The zero-order valence-corrected chi connectivity index (χ0v) is 16.5. The third-order valence-electron chi connectivity index (χ3n) is 5.12. The van der Waals surface area contributed by atoms with Gasteiger partial charge in [-0.25, -0.2) is 0 Å². The minimum Gasteiger partial charge on any atom is -0.493 e. The monoisotopic (exact) mass is 389 g/mol. The molecule has 0 bridgehead atoms. The predicted molar refractivity (Wildman–Crippen MR) is 103 cm³/mol. The minimum absolute atomic E-state index is 0.0447. The molecule has 2 aromatic rings. The number of hydrogen-bond acceptors (Lipinski definition) is 6. The summed E-state index contributed by atoms with van der Waals surface area (Å²) in [5.41, 5.74) is 3.06. The zero-order chi connectivity index (χ0) is 20.3. The van der Waals surface area contributed by atoms with Crippen LogP contribution in [0.3, 0.4) is 0 Å². The van der Waals surface area contributed by atoms with Crippen LogP contribution < -0.4 is 23.8 Å². The number of nitrogens with one attached hydrogen (secondary N) is 1. The van der Waals surface area contributed by atoms with Crippen LogP contribution >= 0.6 is 0 Å². The van der Waals surface area contributed by atoms with Gasteiger partial charge in [-0.15, -0.1) is 0 Å². The maximum Gasteiger partial charge on any atom is 0.282 e. The third kappa shape index (κ3) is 3.82. The molecule has 0 spiro atoms. The minimum atomic E-state index is -0.373. The number of quaternary nitrogens is 1. The van der Waals surface area contributed by atoms with E-state index in [0.29, 0.717) is 29.4 Å². The molecule has 0 radical (unpaired) electrons. The van der Waals surface area contributed by atoms with E-state index in [1.54, 1.807) is 20.3 Å². The molecule has 1 N–H and O–H groups in total. The van der Waals surface area contributed by atoms with Crippen LogP contribution in [0.4, 0.5) is 5.69 Å². The van der Waals surface area contributed by atoms with Crippen molar-refractivity contribution in [3.05, 3.63) is 51.1 Å². The first-order valence-corrected chi connectivity index (χ1v) is 8.97. The summed E-state index contributed by atoms with van der Waals surface area (Å²) < 4.78 is 21.3. The second-order valence-electron chi connectivity index (χ2n) is 6.67. The Morgan fingerprint density at radius 2 is 1.43 bits per heavy atom. The van der Waals surface area contributed by atoms with Crippen molar-refractivity contribution in [1.29, 1.82) is 0 Å². The van der Waals surface area contributed by atoms with E-state index in [4.69, 9.17) is 18.9 Å². The fourth-order valence-corrected chi connectivity index (χ4v) is 3.67. The smallest absolute Gasteiger partial charge is 0.282 e. The highest BCUT2D eigenvalue weighted by Gasteiger charge is 2.27. The highest BCUT2D eigenvalue weighted by atomic mass is 16.6. The Labute approximate surface area is 163 Å². The van der Waals surface area contributed by atoms with Gasteiger partial charge in [-0.05, 0) is 23.8 Å². The van der Waals surface area contributed by atoms with Crippen LogP contribution in [0.25, 0.3) is 0 Å². The molecular formula is C20H25N2O6+. The Bertz CT molecular complexity index is 883. The van der Waals surface area contributed by atoms with Crippen molar-refractivity contribution in [2.45, 2.75) is 19.5 Å². The third-order valence-corrected chi connectivity index (χ3v) is 5.12. The van der Waals surface area contributed by atoms with Crippen LogP contribution in [0.1, 0.15) is 16.7 Å². The SMILES string of the molecule is COc1cc2c(cc1OC)C[NH+](Cc1cc(OC)c(OC)cc1[N+](=O)[O-])CC2. The van der Waals surface area contributed by atoms with Crippen molar-refractivity contribution < 1.29 is 28.8 Å².